The van der Waals surface area contributed by atoms with E-state index in [1.165, 1.54) is 5.69 Å². The van der Waals surface area contributed by atoms with Crippen LogP contribution in [-0.4, -0.2) is 73.2 Å². The molecule has 1 aromatic heterocycles. The lowest BCUT2D eigenvalue weighted by atomic mass is 10.2. The van der Waals surface area contributed by atoms with Crippen LogP contribution in [0.15, 0.2) is 30.3 Å². The van der Waals surface area contributed by atoms with Crippen LogP contribution in [0.3, 0.4) is 0 Å². The van der Waals surface area contributed by atoms with E-state index >= 15 is 0 Å². The molecule has 0 N–H and O–H groups in total. The maximum Gasteiger partial charge on any atom is 0.265 e. The Morgan fingerprint density at radius 1 is 1.07 bits per heavy atom. The van der Waals surface area contributed by atoms with Gasteiger partial charge in [0.05, 0.1) is 25.5 Å². The molecule has 3 heterocycles. The van der Waals surface area contributed by atoms with E-state index in [0.717, 1.165) is 74.6 Å². The van der Waals surface area contributed by atoms with Gasteiger partial charge in [0.2, 0.25) is 0 Å². The van der Waals surface area contributed by atoms with Crippen molar-refractivity contribution in [1.82, 2.24) is 14.8 Å². The smallest absolute Gasteiger partial charge is 0.265 e. The van der Waals surface area contributed by atoms with Crippen LogP contribution in [0.2, 0.25) is 0 Å². The highest BCUT2D eigenvalue weighted by Gasteiger charge is 2.26. The summed E-state index contributed by atoms with van der Waals surface area (Å²) in [5.41, 5.74) is 2.09. The van der Waals surface area contributed by atoms with Crippen LogP contribution in [0, 0.1) is 6.92 Å². The Morgan fingerprint density at radius 2 is 1.78 bits per heavy atom. The predicted molar refractivity (Wildman–Crippen MR) is 108 cm³/mol. The minimum Gasteiger partial charge on any atom is -0.379 e. The molecule has 144 valence electrons. The highest BCUT2D eigenvalue weighted by molar-refractivity contribution is 7.13. The number of anilines is 1. The Morgan fingerprint density at radius 3 is 2.48 bits per heavy atom. The fraction of sp³-hybridized carbons (Fsp3) is 0.500. The molecule has 2 aliphatic rings. The molecule has 0 unspecified atom stereocenters. The maximum atomic E-state index is 13.0. The Labute approximate surface area is 164 Å². The van der Waals surface area contributed by atoms with Crippen LogP contribution in [0.4, 0.5) is 5.69 Å². The van der Waals surface area contributed by atoms with Crippen molar-refractivity contribution < 1.29 is 9.53 Å². The van der Waals surface area contributed by atoms with Gasteiger partial charge in [0.15, 0.2) is 0 Å². The second-order valence-corrected chi connectivity index (χ2v) is 8.11. The fourth-order valence-corrected chi connectivity index (χ4v) is 4.69. The Kier molecular flexibility index (Phi) is 5.71. The Balaban J connectivity index is 1.37. The van der Waals surface area contributed by atoms with Gasteiger partial charge in [-0.1, -0.05) is 18.2 Å². The first-order valence-corrected chi connectivity index (χ1v) is 10.4. The number of nitrogens with zero attached hydrogens (tertiary/aromatic N) is 4. The molecule has 4 rings (SSSR count). The Bertz CT molecular complexity index is 766. The zero-order valence-electron chi connectivity index (χ0n) is 15.8. The molecule has 0 spiro atoms. The van der Waals surface area contributed by atoms with Gasteiger partial charge in [-0.15, -0.1) is 11.3 Å². The number of carbonyl (C=O) groups excluding carboxylic acids is 1. The van der Waals surface area contributed by atoms with Crippen molar-refractivity contribution in [2.75, 3.05) is 57.4 Å². The standard InChI is InChI=1S/C20H26N4O2S/c1-16-19(27-18(21-16)15-22-11-13-26-14-12-22)20(25)24-9-7-23(8-10-24)17-5-3-2-4-6-17/h2-6H,7-15H2,1H3. The van der Waals surface area contributed by atoms with Crippen LogP contribution in [-0.2, 0) is 11.3 Å². The molecule has 2 saturated heterocycles. The molecule has 0 aliphatic carbocycles. The SMILES string of the molecule is Cc1nc(CN2CCOCC2)sc1C(=O)N1CCN(c2ccccc2)CC1. The van der Waals surface area contributed by atoms with Crippen molar-refractivity contribution in [2.24, 2.45) is 0 Å². The average Bonchev–Trinajstić information content (AvgIpc) is 3.09. The number of carbonyl (C=O) groups is 1. The molecule has 1 aromatic carbocycles. The van der Waals surface area contributed by atoms with Gasteiger partial charge in [-0.05, 0) is 19.1 Å². The summed E-state index contributed by atoms with van der Waals surface area (Å²) in [4.78, 5) is 25.1. The van der Waals surface area contributed by atoms with Crippen molar-refractivity contribution in [2.45, 2.75) is 13.5 Å². The molecule has 2 aromatic rings. The number of amides is 1. The van der Waals surface area contributed by atoms with E-state index in [1.54, 1.807) is 11.3 Å². The van der Waals surface area contributed by atoms with Crippen molar-refractivity contribution in [1.29, 1.82) is 0 Å². The van der Waals surface area contributed by atoms with Gasteiger partial charge in [-0.3, -0.25) is 9.69 Å². The van der Waals surface area contributed by atoms with E-state index in [-0.39, 0.29) is 5.91 Å². The molecular formula is C20H26N4O2S. The largest absolute Gasteiger partial charge is 0.379 e. The molecule has 0 bridgehead atoms. The fourth-order valence-electron chi connectivity index (χ4n) is 3.62. The second-order valence-electron chi connectivity index (χ2n) is 7.03. The number of benzene rings is 1. The molecular weight excluding hydrogens is 360 g/mol. The number of ether oxygens (including phenoxy) is 1. The van der Waals surface area contributed by atoms with Gasteiger partial charge in [0.1, 0.15) is 9.88 Å². The van der Waals surface area contributed by atoms with Crippen LogP contribution in [0.1, 0.15) is 20.4 Å². The number of para-hydroxylation sites is 1. The topological polar surface area (TPSA) is 48.9 Å². The molecule has 0 radical (unpaired) electrons. The summed E-state index contributed by atoms with van der Waals surface area (Å²) in [6.07, 6.45) is 0. The molecule has 1 amide bonds. The number of aromatic nitrogens is 1. The molecule has 2 aliphatic heterocycles. The Hall–Kier alpha value is -1.96. The van der Waals surface area contributed by atoms with Gasteiger partial charge in [0, 0.05) is 45.0 Å². The van der Waals surface area contributed by atoms with Crippen LogP contribution >= 0.6 is 11.3 Å². The molecule has 27 heavy (non-hydrogen) atoms. The monoisotopic (exact) mass is 386 g/mol. The van der Waals surface area contributed by atoms with Crippen molar-refractivity contribution >= 4 is 22.9 Å². The van der Waals surface area contributed by atoms with Crippen molar-refractivity contribution in [3.8, 4) is 0 Å². The summed E-state index contributed by atoms with van der Waals surface area (Å²) in [6.45, 7) is 9.43. The summed E-state index contributed by atoms with van der Waals surface area (Å²) in [6, 6.07) is 10.4. The first-order chi connectivity index (χ1) is 13.2. The minimum absolute atomic E-state index is 0.130. The van der Waals surface area contributed by atoms with E-state index in [1.807, 2.05) is 17.9 Å². The van der Waals surface area contributed by atoms with Gasteiger partial charge >= 0.3 is 0 Å². The molecule has 6 nitrogen and oxygen atoms in total. The molecule has 0 atom stereocenters. The number of hydrogen-bond donors (Lipinski definition) is 0. The number of rotatable bonds is 4. The zero-order chi connectivity index (χ0) is 18.6. The average molecular weight is 387 g/mol. The molecule has 7 heteroatoms. The molecule has 0 saturated carbocycles. The second kappa shape index (κ2) is 8.37. The summed E-state index contributed by atoms with van der Waals surface area (Å²) in [5, 5.41) is 1.03. The molecule has 2 fully saturated rings. The van der Waals surface area contributed by atoms with Crippen LogP contribution < -0.4 is 4.90 Å². The number of thiazole rings is 1. The first kappa shape index (κ1) is 18.4. The maximum absolute atomic E-state index is 13.0. The summed E-state index contributed by atoms with van der Waals surface area (Å²) >= 11 is 1.55. The lowest BCUT2D eigenvalue weighted by Crippen LogP contribution is -2.48. The van der Waals surface area contributed by atoms with Crippen molar-refractivity contribution in [3.63, 3.8) is 0 Å². The summed E-state index contributed by atoms with van der Waals surface area (Å²) in [7, 11) is 0. The highest BCUT2D eigenvalue weighted by atomic mass is 32.1. The van der Waals surface area contributed by atoms with E-state index in [0.29, 0.717) is 0 Å². The first-order valence-electron chi connectivity index (χ1n) is 9.56. The quantitative estimate of drug-likeness (QED) is 0.807. The third-order valence-electron chi connectivity index (χ3n) is 5.19. The normalized spacial score (nSPS) is 18.7. The third-order valence-corrected chi connectivity index (χ3v) is 6.32. The van der Waals surface area contributed by atoms with Gasteiger partial charge in [0.25, 0.3) is 5.91 Å². The number of morpholine rings is 1. The lowest BCUT2D eigenvalue weighted by Gasteiger charge is -2.36. The third kappa shape index (κ3) is 4.31. The van der Waals surface area contributed by atoms with E-state index in [2.05, 4.69) is 39.0 Å². The highest BCUT2D eigenvalue weighted by Crippen LogP contribution is 2.23. The van der Waals surface area contributed by atoms with E-state index in [4.69, 9.17) is 4.74 Å². The predicted octanol–water partition coefficient (Wildman–Crippen LogP) is 2.25. The van der Waals surface area contributed by atoms with E-state index in [9.17, 15) is 4.79 Å². The summed E-state index contributed by atoms with van der Waals surface area (Å²) in [5.74, 6) is 0.130. The van der Waals surface area contributed by atoms with Gasteiger partial charge in [-0.25, -0.2) is 4.98 Å². The van der Waals surface area contributed by atoms with E-state index < -0.39 is 0 Å². The van der Waals surface area contributed by atoms with Gasteiger partial charge in [-0.2, -0.15) is 0 Å². The van der Waals surface area contributed by atoms with Crippen LogP contribution in [0.25, 0.3) is 0 Å². The van der Waals surface area contributed by atoms with Crippen LogP contribution in [0.5, 0.6) is 0 Å². The van der Waals surface area contributed by atoms with Crippen molar-refractivity contribution in [3.05, 3.63) is 45.9 Å². The number of piperazine rings is 1. The zero-order valence-corrected chi connectivity index (χ0v) is 16.6. The number of aryl methyl sites for hydroxylation is 1. The van der Waals surface area contributed by atoms with Gasteiger partial charge < -0.3 is 14.5 Å². The number of hydrogen-bond acceptors (Lipinski definition) is 6. The minimum atomic E-state index is 0.130. The summed E-state index contributed by atoms with van der Waals surface area (Å²) < 4.78 is 5.40. The lowest BCUT2D eigenvalue weighted by molar-refractivity contribution is 0.0341.